The first-order chi connectivity index (χ1) is 13.7. The lowest BCUT2D eigenvalue weighted by Crippen LogP contribution is -2.59. The molecule has 0 saturated heterocycles. The molecule has 30 heavy (non-hydrogen) atoms. The van der Waals surface area contributed by atoms with Crippen molar-refractivity contribution in [1.82, 2.24) is 0 Å². The molecular weight excluding hydrogens is 423 g/mol. The van der Waals surface area contributed by atoms with Gasteiger partial charge in [-0.05, 0) is 71.1 Å². The van der Waals surface area contributed by atoms with Gasteiger partial charge in [0.25, 0.3) is 0 Å². The Morgan fingerprint density at radius 3 is 2.23 bits per heavy atom. The number of hydrogen-bond acceptors (Lipinski definition) is 9. The summed E-state index contributed by atoms with van der Waals surface area (Å²) in [5.74, 6) is 0.656. The van der Waals surface area contributed by atoms with Gasteiger partial charge in [-0.2, -0.15) is 0 Å². The smallest absolute Gasteiger partial charge is 0.509 e. The van der Waals surface area contributed by atoms with E-state index in [0.29, 0.717) is 18.3 Å². The molecule has 0 spiro atoms. The summed E-state index contributed by atoms with van der Waals surface area (Å²) in [6.45, 7) is 4.05. The van der Waals surface area contributed by atoms with E-state index in [2.05, 4.69) is 4.74 Å². The van der Waals surface area contributed by atoms with Crippen LogP contribution in [0, 0.1) is 17.3 Å². The second kappa shape index (κ2) is 7.81. The molecule has 0 aromatic heterocycles. The molecule has 172 valence electrons. The maximum absolute atomic E-state index is 13.1. The first-order valence-electron chi connectivity index (χ1n) is 10.00. The highest BCUT2D eigenvalue weighted by molar-refractivity contribution is 7.86. The molecule has 0 aliphatic heterocycles. The molecule has 0 aromatic carbocycles. The molecule has 9 nitrogen and oxygen atoms in total. The minimum absolute atomic E-state index is 0.0145. The lowest BCUT2D eigenvalue weighted by Gasteiger charge is -2.60. The number of alkyl halides is 1. The van der Waals surface area contributed by atoms with Crippen molar-refractivity contribution < 1.29 is 45.9 Å². The summed E-state index contributed by atoms with van der Waals surface area (Å²) in [5.41, 5.74) is -4.57. The fraction of sp³-hybridized carbons (Fsp3) is 0.895. The summed E-state index contributed by atoms with van der Waals surface area (Å²) < 4.78 is 65.3. The minimum Gasteiger partial charge on any atom is -0.746 e. The normalized spacial score (nSPS) is 33.6. The van der Waals surface area contributed by atoms with Crippen molar-refractivity contribution in [3.05, 3.63) is 0 Å². The molecule has 0 heterocycles. The highest BCUT2D eigenvalue weighted by atomic mass is 32.2. The van der Waals surface area contributed by atoms with Crippen LogP contribution in [-0.4, -0.2) is 55.2 Å². The lowest BCUT2D eigenvalue weighted by atomic mass is 9.48. The molecule has 0 N–H and O–H groups in total. The van der Waals surface area contributed by atoms with Crippen LogP contribution in [0.2, 0.25) is 0 Å². The first-order valence-corrected chi connectivity index (χ1v) is 11.5. The molecule has 4 saturated carbocycles. The molecule has 0 radical (unpaired) electrons. The Kier molecular flexibility index (Phi) is 6.00. The predicted octanol–water partition coefficient (Wildman–Crippen LogP) is 3.27. The van der Waals surface area contributed by atoms with Crippen molar-refractivity contribution in [2.45, 2.75) is 76.0 Å². The van der Waals surface area contributed by atoms with E-state index in [9.17, 15) is 27.0 Å². The second-order valence-electron chi connectivity index (χ2n) is 9.96. The van der Waals surface area contributed by atoms with Gasteiger partial charge in [0.05, 0.1) is 0 Å². The zero-order valence-corrected chi connectivity index (χ0v) is 18.2. The molecule has 0 amide bonds. The third-order valence-electron chi connectivity index (χ3n) is 5.96. The van der Waals surface area contributed by atoms with Gasteiger partial charge in [0.2, 0.25) is 5.50 Å². The van der Waals surface area contributed by atoms with Crippen molar-refractivity contribution >= 4 is 22.4 Å². The van der Waals surface area contributed by atoms with E-state index in [-0.39, 0.29) is 6.61 Å². The van der Waals surface area contributed by atoms with Crippen molar-refractivity contribution in [2.75, 3.05) is 13.2 Å². The van der Waals surface area contributed by atoms with Crippen LogP contribution < -0.4 is 0 Å². The van der Waals surface area contributed by atoms with Crippen LogP contribution in [0.1, 0.15) is 59.3 Å². The lowest BCUT2D eigenvalue weighted by molar-refractivity contribution is -0.190. The van der Waals surface area contributed by atoms with Crippen LogP contribution in [0.5, 0.6) is 0 Å². The van der Waals surface area contributed by atoms with Crippen LogP contribution >= 0.6 is 0 Å². The van der Waals surface area contributed by atoms with E-state index in [1.54, 1.807) is 20.8 Å². The van der Waals surface area contributed by atoms with Gasteiger partial charge in [-0.3, -0.25) is 0 Å². The number of halogens is 1. The van der Waals surface area contributed by atoms with Gasteiger partial charge < -0.3 is 23.5 Å². The number of rotatable bonds is 6. The molecule has 3 atom stereocenters. The van der Waals surface area contributed by atoms with E-state index in [1.165, 1.54) is 0 Å². The topological polar surface area (TPSA) is 128 Å². The van der Waals surface area contributed by atoms with E-state index < -0.39 is 51.2 Å². The van der Waals surface area contributed by atoms with Crippen molar-refractivity contribution in [2.24, 2.45) is 17.3 Å². The van der Waals surface area contributed by atoms with Crippen LogP contribution in [0.15, 0.2) is 0 Å². The number of ether oxygens (including phenoxy) is 4. The van der Waals surface area contributed by atoms with Crippen LogP contribution in [0.3, 0.4) is 0 Å². The molecule has 0 aromatic rings. The zero-order valence-electron chi connectivity index (χ0n) is 17.3. The summed E-state index contributed by atoms with van der Waals surface area (Å²) >= 11 is 0. The second-order valence-corrected chi connectivity index (χ2v) is 11.5. The van der Waals surface area contributed by atoms with Gasteiger partial charge in [-0.15, -0.1) is 0 Å². The average molecular weight is 451 g/mol. The summed E-state index contributed by atoms with van der Waals surface area (Å²) in [6, 6.07) is 0. The molecule has 11 heteroatoms. The molecule has 3 unspecified atom stereocenters. The Hall–Kier alpha value is -1.62. The molecule has 4 aliphatic rings. The van der Waals surface area contributed by atoms with Crippen LogP contribution in [-0.2, 0) is 29.1 Å². The molecular formula is C19H28FO9S-. The fourth-order valence-electron chi connectivity index (χ4n) is 5.57. The van der Waals surface area contributed by atoms with E-state index in [1.807, 2.05) is 0 Å². The van der Waals surface area contributed by atoms with E-state index >= 15 is 0 Å². The summed E-state index contributed by atoms with van der Waals surface area (Å²) in [5, 5.41) is 0. The van der Waals surface area contributed by atoms with Gasteiger partial charge in [-0.1, -0.05) is 0 Å². The first kappa shape index (κ1) is 23.1. The number of hydrogen-bond donors (Lipinski definition) is 0. The maximum atomic E-state index is 13.1. The monoisotopic (exact) mass is 451 g/mol. The summed E-state index contributed by atoms with van der Waals surface area (Å²) in [7, 11) is -5.19. The molecule has 4 aliphatic carbocycles. The Bertz CT molecular complexity index is 774. The number of carbonyl (C=O) groups is 2. The Balaban J connectivity index is 1.59. The zero-order chi connectivity index (χ0) is 22.4. The Labute approximate surface area is 175 Å². The highest BCUT2D eigenvalue weighted by Crippen LogP contribution is 2.63. The van der Waals surface area contributed by atoms with Crippen molar-refractivity contribution in [3.8, 4) is 0 Å². The van der Waals surface area contributed by atoms with E-state index in [0.717, 1.165) is 32.1 Å². The summed E-state index contributed by atoms with van der Waals surface area (Å²) in [6.07, 6.45) is 2.66. The van der Waals surface area contributed by atoms with Gasteiger partial charge in [-0.25, -0.2) is 22.4 Å². The average Bonchev–Trinajstić information content (AvgIpc) is 2.53. The summed E-state index contributed by atoms with van der Waals surface area (Å²) in [4.78, 5) is 24.1. The Morgan fingerprint density at radius 2 is 1.70 bits per heavy atom. The van der Waals surface area contributed by atoms with Crippen LogP contribution in [0.25, 0.3) is 0 Å². The van der Waals surface area contributed by atoms with Gasteiger partial charge in [0.1, 0.15) is 34.5 Å². The maximum Gasteiger partial charge on any atom is 0.509 e. The standard InChI is InChI=1S/C19H29FO9S/c1-17(2,3)28-16(22)29-19-7-12-4-13(8-19)6-18(5-12,10-19)11-27-15(21)26-9-14(20)30(23,24)25/h12-14H,4-11H2,1-3H3,(H,23,24,25)/p-1. The van der Waals surface area contributed by atoms with E-state index in [4.69, 9.17) is 14.2 Å². The predicted molar refractivity (Wildman–Crippen MR) is 99.1 cm³/mol. The van der Waals surface area contributed by atoms with Gasteiger partial charge >= 0.3 is 12.3 Å². The van der Waals surface area contributed by atoms with Crippen molar-refractivity contribution in [3.63, 3.8) is 0 Å². The minimum atomic E-state index is -5.19. The highest BCUT2D eigenvalue weighted by Gasteiger charge is 2.60. The molecule has 4 bridgehead atoms. The third-order valence-corrected chi connectivity index (χ3v) is 6.72. The van der Waals surface area contributed by atoms with Gasteiger partial charge in [0, 0.05) is 5.41 Å². The third kappa shape index (κ3) is 5.54. The molecule has 4 fully saturated rings. The SMILES string of the molecule is CC(C)(C)OC(=O)OC12CC3CC(CC(COC(=O)OCC(F)S(=O)(=O)[O-])(C3)C1)C2. The largest absolute Gasteiger partial charge is 0.746 e. The number of carbonyl (C=O) groups excluding carboxylic acids is 2. The van der Waals surface area contributed by atoms with Gasteiger partial charge in [0.15, 0.2) is 0 Å². The fourth-order valence-corrected chi connectivity index (χ4v) is 5.81. The quantitative estimate of drug-likeness (QED) is 0.441. The Morgan fingerprint density at radius 1 is 1.10 bits per heavy atom. The van der Waals surface area contributed by atoms with Crippen LogP contribution in [0.4, 0.5) is 14.0 Å². The molecule has 4 rings (SSSR count). The van der Waals surface area contributed by atoms with Crippen molar-refractivity contribution in [1.29, 1.82) is 0 Å².